The summed E-state index contributed by atoms with van der Waals surface area (Å²) >= 11 is 0. The van der Waals surface area contributed by atoms with Crippen molar-refractivity contribution in [3.8, 4) is 11.5 Å². The molecule has 0 aliphatic rings. The minimum Gasteiger partial charge on any atom is -0.497 e. The first-order valence-corrected chi connectivity index (χ1v) is 5.59. The number of hydrogen-bond acceptors (Lipinski definition) is 4. The highest BCUT2D eigenvalue weighted by molar-refractivity contribution is 5.82. The lowest BCUT2D eigenvalue weighted by atomic mass is 10.2. The molecule has 0 aromatic heterocycles. The SMILES string of the molecule is COc1ccc(OC)c(COC(=O)C=C(C)C)c1. The third-order valence-electron chi connectivity index (χ3n) is 2.26. The highest BCUT2D eigenvalue weighted by Crippen LogP contribution is 2.24. The molecule has 0 saturated heterocycles. The van der Waals surface area contributed by atoms with Gasteiger partial charge in [0.05, 0.1) is 14.2 Å². The number of allylic oxidation sites excluding steroid dienone is 1. The summed E-state index contributed by atoms with van der Waals surface area (Å²) in [5.74, 6) is 1.00. The van der Waals surface area contributed by atoms with Crippen LogP contribution in [0.4, 0.5) is 0 Å². The number of rotatable bonds is 5. The smallest absolute Gasteiger partial charge is 0.331 e. The molecule has 18 heavy (non-hydrogen) atoms. The Balaban J connectivity index is 2.76. The van der Waals surface area contributed by atoms with Crippen LogP contribution in [0, 0.1) is 0 Å². The highest BCUT2D eigenvalue weighted by Gasteiger charge is 2.07. The van der Waals surface area contributed by atoms with E-state index in [1.807, 2.05) is 13.8 Å². The third-order valence-corrected chi connectivity index (χ3v) is 2.26. The summed E-state index contributed by atoms with van der Waals surface area (Å²) in [6, 6.07) is 5.36. The molecule has 0 N–H and O–H groups in total. The molecule has 0 fully saturated rings. The van der Waals surface area contributed by atoms with Crippen molar-refractivity contribution in [2.24, 2.45) is 0 Å². The van der Waals surface area contributed by atoms with Gasteiger partial charge >= 0.3 is 5.97 Å². The zero-order valence-corrected chi connectivity index (χ0v) is 11.1. The normalized spacial score (nSPS) is 9.56. The summed E-state index contributed by atoms with van der Waals surface area (Å²) < 4.78 is 15.4. The average molecular weight is 250 g/mol. The van der Waals surface area contributed by atoms with Gasteiger partial charge in [0, 0.05) is 11.6 Å². The second-order valence-electron chi connectivity index (χ2n) is 4.01. The highest BCUT2D eigenvalue weighted by atomic mass is 16.5. The maximum absolute atomic E-state index is 11.4. The van der Waals surface area contributed by atoms with E-state index >= 15 is 0 Å². The van der Waals surface area contributed by atoms with Crippen molar-refractivity contribution >= 4 is 5.97 Å². The summed E-state index contributed by atoms with van der Waals surface area (Å²) in [5.41, 5.74) is 1.67. The molecule has 98 valence electrons. The number of hydrogen-bond donors (Lipinski definition) is 0. The Bertz CT molecular complexity index is 445. The van der Waals surface area contributed by atoms with E-state index in [9.17, 15) is 4.79 Å². The minimum absolute atomic E-state index is 0.156. The van der Waals surface area contributed by atoms with E-state index in [4.69, 9.17) is 14.2 Å². The molecule has 4 nitrogen and oxygen atoms in total. The molecule has 0 aliphatic carbocycles. The largest absolute Gasteiger partial charge is 0.497 e. The van der Waals surface area contributed by atoms with E-state index in [1.165, 1.54) is 6.08 Å². The number of carbonyl (C=O) groups is 1. The molecule has 1 aromatic rings. The van der Waals surface area contributed by atoms with Crippen LogP contribution in [0.1, 0.15) is 19.4 Å². The van der Waals surface area contributed by atoms with Crippen LogP contribution in [0.3, 0.4) is 0 Å². The van der Waals surface area contributed by atoms with Gasteiger partial charge in [0.1, 0.15) is 18.1 Å². The van der Waals surface area contributed by atoms with Crippen LogP contribution < -0.4 is 9.47 Å². The lowest BCUT2D eigenvalue weighted by molar-refractivity contribution is -0.139. The number of carbonyl (C=O) groups excluding carboxylic acids is 1. The quantitative estimate of drug-likeness (QED) is 0.595. The van der Waals surface area contributed by atoms with Gasteiger partial charge in [-0.05, 0) is 32.0 Å². The van der Waals surface area contributed by atoms with Gasteiger partial charge in [-0.2, -0.15) is 0 Å². The third kappa shape index (κ3) is 4.13. The molecule has 0 saturated carbocycles. The van der Waals surface area contributed by atoms with E-state index in [0.29, 0.717) is 11.5 Å². The Morgan fingerprint density at radius 3 is 2.50 bits per heavy atom. The Morgan fingerprint density at radius 2 is 1.94 bits per heavy atom. The molecule has 0 bridgehead atoms. The number of esters is 1. The first kappa shape index (κ1) is 14.1. The molecule has 0 heterocycles. The first-order valence-electron chi connectivity index (χ1n) is 5.59. The van der Waals surface area contributed by atoms with Gasteiger partial charge in [-0.1, -0.05) is 5.57 Å². The molecule has 0 aliphatic heterocycles. The second-order valence-corrected chi connectivity index (χ2v) is 4.01. The monoisotopic (exact) mass is 250 g/mol. The van der Waals surface area contributed by atoms with Gasteiger partial charge in [-0.15, -0.1) is 0 Å². The maximum atomic E-state index is 11.4. The van der Waals surface area contributed by atoms with Crippen molar-refractivity contribution in [3.63, 3.8) is 0 Å². The van der Waals surface area contributed by atoms with Gasteiger partial charge in [0.2, 0.25) is 0 Å². The second kappa shape index (κ2) is 6.69. The van der Waals surface area contributed by atoms with Crippen LogP contribution in [0.25, 0.3) is 0 Å². The van der Waals surface area contributed by atoms with E-state index < -0.39 is 0 Å². The molecule has 1 aromatic carbocycles. The Labute approximate surface area is 107 Å². The lowest BCUT2D eigenvalue weighted by Gasteiger charge is -2.10. The lowest BCUT2D eigenvalue weighted by Crippen LogP contribution is -2.03. The van der Waals surface area contributed by atoms with Crippen LogP contribution >= 0.6 is 0 Å². The fourth-order valence-electron chi connectivity index (χ4n) is 1.42. The number of benzene rings is 1. The molecule has 1 rings (SSSR count). The van der Waals surface area contributed by atoms with Crippen LogP contribution in [0.15, 0.2) is 29.8 Å². The van der Waals surface area contributed by atoms with Crippen molar-refractivity contribution in [1.82, 2.24) is 0 Å². The summed E-state index contributed by atoms with van der Waals surface area (Å²) in [6.45, 7) is 3.84. The molecule has 0 radical (unpaired) electrons. The molecule has 0 atom stereocenters. The molecular weight excluding hydrogens is 232 g/mol. The first-order chi connectivity index (χ1) is 8.56. The number of methoxy groups -OCH3 is 2. The van der Waals surface area contributed by atoms with Gasteiger partial charge in [-0.3, -0.25) is 0 Å². The zero-order valence-electron chi connectivity index (χ0n) is 11.1. The standard InChI is InChI=1S/C14H18O4/c1-10(2)7-14(15)18-9-11-8-12(16-3)5-6-13(11)17-4/h5-8H,9H2,1-4H3. The summed E-state index contributed by atoms with van der Waals surface area (Å²) in [4.78, 5) is 11.4. The van der Waals surface area contributed by atoms with Crippen LogP contribution in [-0.2, 0) is 16.1 Å². The molecule has 0 spiro atoms. The Morgan fingerprint density at radius 1 is 1.22 bits per heavy atom. The summed E-state index contributed by atoms with van der Waals surface area (Å²) in [6.07, 6.45) is 1.45. The fourth-order valence-corrected chi connectivity index (χ4v) is 1.42. The van der Waals surface area contributed by atoms with Gasteiger partial charge in [0.25, 0.3) is 0 Å². The predicted octanol–water partition coefficient (Wildman–Crippen LogP) is 2.71. The van der Waals surface area contributed by atoms with Gasteiger partial charge in [0.15, 0.2) is 0 Å². The Kier molecular flexibility index (Phi) is 5.24. The van der Waals surface area contributed by atoms with Crippen molar-refractivity contribution in [2.75, 3.05) is 14.2 Å². The Hall–Kier alpha value is -1.97. The number of ether oxygens (including phenoxy) is 3. The van der Waals surface area contributed by atoms with E-state index in [2.05, 4.69) is 0 Å². The molecular formula is C14H18O4. The molecule has 4 heteroatoms. The van der Waals surface area contributed by atoms with Crippen LogP contribution in [-0.4, -0.2) is 20.2 Å². The van der Waals surface area contributed by atoms with Crippen molar-refractivity contribution < 1.29 is 19.0 Å². The zero-order chi connectivity index (χ0) is 13.5. The van der Waals surface area contributed by atoms with Crippen molar-refractivity contribution in [1.29, 1.82) is 0 Å². The fraction of sp³-hybridized carbons (Fsp3) is 0.357. The topological polar surface area (TPSA) is 44.8 Å². The van der Waals surface area contributed by atoms with Gasteiger partial charge < -0.3 is 14.2 Å². The van der Waals surface area contributed by atoms with E-state index in [0.717, 1.165) is 11.1 Å². The minimum atomic E-state index is -0.361. The molecule has 0 amide bonds. The van der Waals surface area contributed by atoms with Crippen LogP contribution in [0.5, 0.6) is 11.5 Å². The average Bonchev–Trinajstić information content (AvgIpc) is 2.35. The van der Waals surface area contributed by atoms with Crippen molar-refractivity contribution in [3.05, 3.63) is 35.4 Å². The summed E-state index contributed by atoms with van der Waals surface area (Å²) in [7, 11) is 3.16. The van der Waals surface area contributed by atoms with E-state index in [1.54, 1.807) is 32.4 Å². The van der Waals surface area contributed by atoms with E-state index in [-0.39, 0.29) is 12.6 Å². The summed E-state index contributed by atoms with van der Waals surface area (Å²) in [5, 5.41) is 0. The molecule has 0 unspecified atom stereocenters. The van der Waals surface area contributed by atoms with Crippen molar-refractivity contribution in [2.45, 2.75) is 20.5 Å². The predicted molar refractivity (Wildman–Crippen MR) is 68.8 cm³/mol. The maximum Gasteiger partial charge on any atom is 0.331 e. The van der Waals surface area contributed by atoms with Gasteiger partial charge in [-0.25, -0.2) is 4.79 Å². The van der Waals surface area contributed by atoms with Crippen LogP contribution in [0.2, 0.25) is 0 Å².